The Bertz CT molecular complexity index is 1070. The molecule has 30 heavy (non-hydrogen) atoms. The van der Waals surface area contributed by atoms with Crippen LogP contribution in [0.2, 0.25) is 0 Å². The number of thiazole rings is 1. The van der Waals surface area contributed by atoms with Crippen molar-refractivity contribution < 1.29 is 14.3 Å². The first-order chi connectivity index (χ1) is 14.4. The molecule has 0 unspecified atom stereocenters. The Morgan fingerprint density at radius 3 is 2.50 bits per heavy atom. The summed E-state index contributed by atoms with van der Waals surface area (Å²) in [5.41, 5.74) is 3.76. The van der Waals surface area contributed by atoms with Gasteiger partial charge < -0.3 is 15.0 Å². The summed E-state index contributed by atoms with van der Waals surface area (Å²) in [6, 6.07) is 15.4. The summed E-state index contributed by atoms with van der Waals surface area (Å²) < 4.78 is 5.20. The molecule has 0 aliphatic carbocycles. The van der Waals surface area contributed by atoms with Crippen LogP contribution >= 0.6 is 11.3 Å². The van der Waals surface area contributed by atoms with Gasteiger partial charge in [0.15, 0.2) is 5.13 Å². The molecule has 1 aliphatic rings. The summed E-state index contributed by atoms with van der Waals surface area (Å²) in [7, 11) is 1.63. The molecule has 2 heterocycles. The number of anilines is 2. The van der Waals surface area contributed by atoms with E-state index in [2.05, 4.69) is 10.3 Å². The third kappa shape index (κ3) is 4.07. The Hall–Kier alpha value is -3.19. The monoisotopic (exact) mass is 421 g/mol. The number of nitrogens with one attached hydrogen (secondary N) is 1. The summed E-state index contributed by atoms with van der Waals surface area (Å²) in [6.07, 6.45) is 0.204. The Labute approximate surface area is 179 Å². The van der Waals surface area contributed by atoms with Crippen LogP contribution in [-0.4, -0.2) is 30.5 Å². The van der Waals surface area contributed by atoms with Crippen molar-refractivity contribution in [3.05, 3.63) is 59.0 Å². The number of aromatic nitrogens is 1. The lowest BCUT2D eigenvalue weighted by atomic mass is 10.1. The van der Waals surface area contributed by atoms with Gasteiger partial charge in [0.1, 0.15) is 5.75 Å². The summed E-state index contributed by atoms with van der Waals surface area (Å²) >= 11 is 1.43. The van der Waals surface area contributed by atoms with Gasteiger partial charge in [-0.1, -0.05) is 17.7 Å². The van der Waals surface area contributed by atoms with Gasteiger partial charge in [0.2, 0.25) is 11.8 Å². The van der Waals surface area contributed by atoms with Crippen molar-refractivity contribution in [1.29, 1.82) is 0 Å². The molecule has 0 radical (unpaired) electrons. The first-order valence-electron chi connectivity index (χ1n) is 9.74. The van der Waals surface area contributed by atoms with Gasteiger partial charge in [0.25, 0.3) is 0 Å². The zero-order chi connectivity index (χ0) is 21.3. The van der Waals surface area contributed by atoms with Gasteiger partial charge in [0.05, 0.1) is 18.7 Å². The van der Waals surface area contributed by atoms with Gasteiger partial charge in [-0.05, 0) is 50.2 Å². The second-order valence-electron chi connectivity index (χ2n) is 7.38. The molecule has 1 aromatic heterocycles. The van der Waals surface area contributed by atoms with Crippen LogP contribution in [0.15, 0.2) is 48.5 Å². The maximum Gasteiger partial charge on any atom is 0.231 e. The van der Waals surface area contributed by atoms with Gasteiger partial charge in [-0.25, -0.2) is 4.98 Å². The minimum absolute atomic E-state index is 0.0340. The molecule has 1 saturated heterocycles. The summed E-state index contributed by atoms with van der Waals surface area (Å²) in [6.45, 7) is 4.36. The molecule has 0 spiro atoms. The molecular weight excluding hydrogens is 398 g/mol. The number of hydrogen-bond acceptors (Lipinski definition) is 5. The molecule has 0 bridgehead atoms. The second-order valence-corrected chi connectivity index (χ2v) is 8.59. The Morgan fingerprint density at radius 2 is 1.83 bits per heavy atom. The third-order valence-electron chi connectivity index (χ3n) is 5.23. The molecule has 0 saturated carbocycles. The van der Waals surface area contributed by atoms with Crippen molar-refractivity contribution in [3.8, 4) is 17.0 Å². The van der Waals surface area contributed by atoms with Gasteiger partial charge in [0, 0.05) is 29.1 Å². The highest BCUT2D eigenvalue weighted by atomic mass is 32.1. The largest absolute Gasteiger partial charge is 0.497 e. The predicted molar refractivity (Wildman–Crippen MR) is 119 cm³/mol. The van der Waals surface area contributed by atoms with Crippen LogP contribution in [0.4, 0.5) is 10.8 Å². The van der Waals surface area contributed by atoms with Crippen LogP contribution in [0, 0.1) is 19.8 Å². The average molecular weight is 422 g/mol. The highest BCUT2D eigenvalue weighted by Gasteiger charge is 2.35. The number of ether oxygens (including phenoxy) is 1. The molecule has 3 aromatic rings. The van der Waals surface area contributed by atoms with E-state index in [0.29, 0.717) is 11.7 Å². The molecule has 1 aliphatic heterocycles. The highest BCUT2D eigenvalue weighted by Crippen LogP contribution is 2.32. The van der Waals surface area contributed by atoms with E-state index >= 15 is 0 Å². The van der Waals surface area contributed by atoms with Crippen LogP contribution in [0.25, 0.3) is 11.3 Å². The minimum atomic E-state index is -0.396. The van der Waals surface area contributed by atoms with Crippen molar-refractivity contribution in [2.75, 3.05) is 23.9 Å². The molecule has 1 N–H and O–H groups in total. The molecule has 154 valence electrons. The molecule has 6 nitrogen and oxygen atoms in total. The van der Waals surface area contributed by atoms with Crippen LogP contribution in [0.3, 0.4) is 0 Å². The normalized spacial score (nSPS) is 16.0. The number of rotatable bonds is 5. The molecule has 4 rings (SSSR count). The number of amides is 2. The topological polar surface area (TPSA) is 71.5 Å². The SMILES string of the molecule is COc1ccc(-c2nc(NC(=O)[C@H]3CC(=O)N(c4ccc(C)cc4)C3)sc2C)cc1. The number of carbonyl (C=O) groups excluding carboxylic acids is 2. The van der Waals surface area contributed by atoms with Crippen LogP contribution in [0.5, 0.6) is 5.75 Å². The van der Waals surface area contributed by atoms with E-state index in [1.165, 1.54) is 11.3 Å². The van der Waals surface area contributed by atoms with Gasteiger partial charge in [-0.2, -0.15) is 0 Å². The maximum atomic E-state index is 12.8. The van der Waals surface area contributed by atoms with E-state index in [9.17, 15) is 9.59 Å². The van der Waals surface area contributed by atoms with Gasteiger partial charge in [-0.3, -0.25) is 9.59 Å². The number of hydrogen-bond donors (Lipinski definition) is 1. The minimum Gasteiger partial charge on any atom is -0.497 e. The van der Waals surface area contributed by atoms with Crippen molar-refractivity contribution >= 4 is 34.0 Å². The van der Waals surface area contributed by atoms with E-state index in [-0.39, 0.29) is 18.2 Å². The Balaban J connectivity index is 1.45. The van der Waals surface area contributed by atoms with Crippen molar-refractivity contribution in [1.82, 2.24) is 4.98 Å². The number of aryl methyl sites for hydroxylation is 2. The van der Waals surface area contributed by atoms with Crippen molar-refractivity contribution in [2.45, 2.75) is 20.3 Å². The maximum absolute atomic E-state index is 12.8. The lowest BCUT2D eigenvalue weighted by molar-refractivity contribution is -0.122. The lowest BCUT2D eigenvalue weighted by Crippen LogP contribution is -2.28. The fourth-order valence-corrected chi connectivity index (χ4v) is 4.37. The van der Waals surface area contributed by atoms with Crippen molar-refractivity contribution in [2.24, 2.45) is 5.92 Å². The zero-order valence-corrected chi connectivity index (χ0v) is 18.0. The van der Waals surface area contributed by atoms with E-state index in [1.807, 2.05) is 62.4 Å². The smallest absolute Gasteiger partial charge is 0.231 e. The predicted octanol–water partition coefficient (Wildman–Crippen LogP) is 4.43. The highest BCUT2D eigenvalue weighted by molar-refractivity contribution is 7.16. The third-order valence-corrected chi connectivity index (χ3v) is 6.12. The van der Waals surface area contributed by atoms with E-state index < -0.39 is 5.92 Å². The van der Waals surface area contributed by atoms with Gasteiger partial charge >= 0.3 is 0 Å². The zero-order valence-electron chi connectivity index (χ0n) is 17.1. The van der Waals surface area contributed by atoms with Crippen LogP contribution in [0.1, 0.15) is 16.9 Å². The number of methoxy groups -OCH3 is 1. The molecule has 1 atom stereocenters. The Kier molecular flexibility index (Phi) is 5.55. The summed E-state index contributed by atoms with van der Waals surface area (Å²) in [5.74, 6) is 0.179. The van der Waals surface area contributed by atoms with Gasteiger partial charge in [-0.15, -0.1) is 11.3 Å². The molecule has 1 fully saturated rings. The first-order valence-corrected chi connectivity index (χ1v) is 10.6. The summed E-state index contributed by atoms with van der Waals surface area (Å²) in [5, 5.41) is 3.45. The number of nitrogens with zero attached hydrogens (tertiary/aromatic N) is 2. The van der Waals surface area contributed by atoms with E-state index in [4.69, 9.17) is 4.74 Å². The number of benzene rings is 2. The Morgan fingerprint density at radius 1 is 1.13 bits per heavy atom. The van der Waals surface area contributed by atoms with Crippen molar-refractivity contribution in [3.63, 3.8) is 0 Å². The fourth-order valence-electron chi connectivity index (χ4n) is 3.53. The quantitative estimate of drug-likeness (QED) is 0.662. The number of carbonyl (C=O) groups is 2. The van der Waals surface area contributed by atoms with E-state index in [0.717, 1.165) is 33.1 Å². The van der Waals surface area contributed by atoms with E-state index in [1.54, 1.807) is 12.0 Å². The average Bonchev–Trinajstić information content (AvgIpc) is 3.31. The second kappa shape index (κ2) is 8.28. The molecule has 7 heteroatoms. The standard InChI is InChI=1S/C23H23N3O3S/c1-14-4-8-18(9-5-14)26-13-17(12-20(26)27)22(28)25-23-24-21(15(2)30-23)16-6-10-19(29-3)11-7-16/h4-11,17H,12-13H2,1-3H3,(H,24,25,28)/t17-/m0/s1. The first kappa shape index (κ1) is 20.1. The van der Waals surface area contributed by atoms with Crippen LogP contribution < -0.4 is 15.0 Å². The summed E-state index contributed by atoms with van der Waals surface area (Å²) in [4.78, 5) is 32.5. The molecule has 2 amide bonds. The fraction of sp³-hybridized carbons (Fsp3) is 0.261. The molecule has 2 aromatic carbocycles. The molecular formula is C23H23N3O3S. The lowest BCUT2D eigenvalue weighted by Gasteiger charge is -2.16. The van der Waals surface area contributed by atoms with Crippen LogP contribution in [-0.2, 0) is 9.59 Å².